The van der Waals surface area contributed by atoms with E-state index in [1.807, 2.05) is 54.6 Å². The molecule has 7 nitrogen and oxygen atoms in total. The maximum atomic E-state index is 13.1. The van der Waals surface area contributed by atoms with E-state index in [4.69, 9.17) is 9.47 Å². The highest BCUT2D eigenvalue weighted by Gasteiger charge is 2.24. The molecular formula is C35H52N2O5. The van der Waals surface area contributed by atoms with Crippen LogP contribution in [0.5, 0.6) is 0 Å². The summed E-state index contributed by atoms with van der Waals surface area (Å²) < 4.78 is 12.2. The largest absolute Gasteiger partial charge is 0.465 e. The number of nitrogens with one attached hydrogen (secondary N) is 1. The van der Waals surface area contributed by atoms with Gasteiger partial charge < -0.3 is 24.8 Å². The van der Waals surface area contributed by atoms with Gasteiger partial charge in [-0.2, -0.15) is 0 Å². The third-order valence-corrected chi connectivity index (χ3v) is 8.14. The molecule has 2 aromatic carbocycles. The molecule has 2 N–H and O–H groups in total. The van der Waals surface area contributed by atoms with E-state index in [-0.39, 0.29) is 17.9 Å². The van der Waals surface area contributed by atoms with Gasteiger partial charge in [0.25, 0.3) is 5.91 Å². The number of piperidine rings is 1. The van der Waals surface area contributed by atoms with Gasteiger partial charge in [-0.15, -0.1) is 0 Å². The predicted molar refractivity (Wildman–Crippen MR) is 168 cm³/mol. The predicted octanol–water partition coefficient (Wildman–Crippen LogP) is 7.80. The van der Waals surface area contributed by atoms with Crippen LogP contribution >= 0.6 is 0 Å². The van der Waals surface area contributed by atoms with Gasteiger partial charge in [0.15, 0.2) is 0 Å². The third kappa shape index (κ3) is 13.0. The van der Waals surface area contributed by atoms with E-state index in [0.717, 1.165) is 36.8 Å². The number of carbonyl (C=O) groups is 2. The number of likely N-dealkylation sites (tertiary alicyclic amines) is 1. The second-order valence-electron chi connectivity index (χ2n) is 11.6. The van der Waals surface area contributed by atoms with Crippen molar-refractivity contribution >= 4 is 12.0 Å². The van der Waals surface area contributed by atoms with E-state index < -0.39 is 6.09 Å². The van der Waals surface area contributed by atoms with Crippen molar-refractivity contribution in [1.82, 2.24) is 10.2 Å². The number of unbranched alkanes of at least 4 members (excludes halogenated alkanes) is 9. The molecular weight excluding hydrogens is 528 g/mol. The van der Waals surface area contributed by atoms with Crippen molar-refractivity contribution in [3.05, 3.63) is 71.3 Å². The minimum atomic E-state index is -0.862. The number of ether oxygens (including phenoxy) is 2. The van der Waals surface area contributed by atoms with E-state index in [1.165, 1.54) is 56.3 Å². The summed E-state index contributed by atoms with van der Waals surface area (Å²) in [7, 11) is 0. The Labute approximate surface area is 253 Å². The molecule has 1 aliphatic rings. The van der Waals surface area contributed by atoms with Crippen LogP contribution in [0.2, 0.25) is 0 Å². The highest BCUT2D eigenvalue weighted by molar-refractivity contribution is 5.94. The zero-order chi connectivity index (χ0) is 29.8. The van der Waals surface area contributed by atoms with Crippen molar-refractivity contribution < 1.29 is 24.2 Å². The molecule has 2 aromatic rings. The van der Waals surface area contributed by atoms with Crippen molar-refractivity contribution in [1.29, 1.82) is 0 Å². The van der Waals surface area contributed by atoms with Gasteiger partial charge in [0, 0.05) is 31.8 Å². The molecule has 1 saturated heterocycles. The summed E-state index contributed by atoms with van der Waals surface area (Å²) in [6.07, 6.45) is 13.2. The zero-order valence-electron chi connectivity index (χ0n) is 25.6. The van der Waals surface area contributed by atoms with Crippen molar-refractivity contribution in [3.63, 3.8) is 0 Å². The average molecular weight is 581 g/mol. The average Bonchev–Trinajstić information content (AvgIpc) is 3.02. The standard InChI is InChI=1S/C35H52N2O5/c1-2-3-4-5-6-7-8-9-10-14-24-42-33(28-41-27-29-16-12-11-13-17-29)26-36-34(38)32-19-15-18-31(25-32)30-20-22-37(23-21-30)35(39)40/h11-13,15-19,25,30,33H,2-10,14,20-24,26-28H2,1H3,(H,36,38)(H,39,40)/t33-/m0/s1. The maximum Gasteiger partial charge on any atom is 0.407 e. The Hall–Kier alpha value is -2.90. The molecule has 0 spiro atoms. The second-order valence-corrected chi connectivity index (χ2v) is 11.6. The Morgan fingerprint density at radius 3 is 2.24 bits per heavy atom. The Morgan fingerprint density at radius 2 is 1.57 bits per heavy atom. The highest BCUT2D eigenvalue weighted by Crippen LogP contribution is 2.28. The van der Waals surface area contributed by atoms with Gasteiger partial charge in [0.2, 0.25) is 0 Å². The molecule has 0 bridgehead atoms. The lowest BCUT2D eigenvalue weighted by molar-refractivity contribution is -0.0212. The van der Waals surface area contributed by atoms with Gasteiger partial charge in [-0.05, 0) is 48.4 Å². The molecule has 7 heteroatoms. The number of benzene rings is 2. The van der Waals surface area contributed by atoms with Gasteiger partial charge in [0.1, 0.15) is 0 Å². The van der Waals surface area contributed by atoms with Crippen LogP contribution in [0.1, 0.15) is 111 Å². The van der Waals surface area contributed by atoms with Crippen LogP contribution < -0.4 is 5.32 Å². The molecule has 0 radical (unpaired) electrons. The van der Waals surface area contributed by atoms with Gasteiger partial charge in [-0.1, -0.05) is 107 Å². The number of carbonyl (C=O) groups excluding carboxylic acids is 1. The summed E-state index contributed by atoms with van der Waals surface area (Å²) in [5, 5.41) is 12.3. The van der Waals surface area contributed by atoms with Crippen molar-refractivity contribution in [3.8, 4) is 0 Å². The molecule has 0 aliphatic carbocycles. The first kappa shape index (κ1) is 33.6. The fraction of sp³-hybridized carbons (Fsp3) is 0.600. The number of hydrogen-bond donors (Lipinski definition) is 2. The molecule has 1 atom stereocenters. The van der Waals surface area contributed by atoms with E-state index in [9.17, 15) is 14.7 Å². The minimum absolute atomic E-state index is 0.129. The monoisotopic (exact) mass is 580 g/mol. The molecule has 1 aliphatic heterocycles. The molecule has 1 fully saturated rings. The molecule has 0 saturated carbocycles. The molecule has 42 heavy (non-hydrogen) atoms. The second kappa shape index (κ2) is 20.1. The Balaban J connectivity index is 1.42. The summed E-state index contributed by atoms with van der Waals surface area (Å²) in [4.78, 5) is 25.8. The van der Waals surface area contributed by atoms with E-state index >= 15 is 0 Å². The minimum Gasteiger partial charge on any atom is -0.465 e. The van der Waals surface area contributed by atoms with Crippen LogP contribution in [0.3, 0.4) is 0 Å². The van der Waals surface area contributed by atoms with Gasteiger partial charge >= 0.3 is 6.09 Å². The van der Waals surface area contributed by atoms with Crippen molar-refractivity contribution in [2.75, 3.05) is 32.8 Å². The lowest BCUT2D eigenvalue weighted by atomic mass is 9.88. The van der Waals surface area contributed by atoms with E-state index in [2.05, 4.69) is 12.2 Å². The maximum absolute atomic E-state index is 13.1. The van der Waals surface area contributed by atoms with Crippen LogP contribution in [0.25, 0.3) is 0 Å². The fourth-order valence-electron chi connectivity index (χ4n) is 5.53. The smallest absolute Gasteiger partial charge is 0.407 e. The topological polar surface area (TPSA) is 88.1 Å². The van der Waals surface area contributed by atoms with E-state index in [0.29, 0.717) is 45.0 Å². The molecule has 1 heterocycles. The number of rotatable bonds is 20. The molecule has 2 amide bonds. The summed E-state index contributed by atoms with van der Waals surface area (Å²) in [5.41, 5.74) is 2.82. The van der Waals surface area contributed by atoms with Crippen molar-refractivity contribution in [2.24, 2.45) is 0 Å². The fourth-order valence-corrected chi connectivity index (χ4v) is 5.53. The first-order valence-corrected chi connectivity index (χ1v) is 16.2. The van der Waals surface area contributed by atoms with Crippen LogP contribution in [-0.2, 0) is 16.1 Å². The lowest BCUT2D eigenvalue weighted by Gasteiger charge is -2.30. The molecule has 0 unspecified atom stereocenters. The zero-order valence-corrected chi connectivity index (χ0v) is 25.6. The van der Waals surface area contributed by atoms with Crippen LogP contribution in [0.15, 0.2) is 54.6 Å². The molecule has 3 rings (SSSR count). The SMILES string of the molecule is CCCCCCCCCCCCO[C@@H](CNC(=O)c1cccc(C2CCN(C(=O)O)CC2)c1)COCc1ccccc1. The van der Waals surface area contributed by atoms with Gasteiger partial charge in [-0.25, -0.2) is 4.79 Å². The van der Waals surface area contributed by atoms with Crippen LogP contribution in [0.4, 0.5) is 4.79 Å². The Kier molecular flexibility index (Phi) is 16.1. The normalized spacial score (nSPS) is 14.5. The first-order valence-electron chi connectivity index (χ1n) is 16.2. The van der Waals surface area contributed by atoms with Gasteiger partial charge in [0.05, 0.1) is 19.3 Å². The summed E-state index contributed by atoms with van der Waals surface area (Å²) >= 11 is 0. The quantitative estimate of drug-likeness (QED) is 0.156. The van der Waals surface area contributed by atoms with Crippen LogP contribution in [0, 0.1) is 0 Å². The number of carboxylic acid groups (broad SMARTS) is 1. The highest BCUT2D eigenvalue weighted by atomic mass is 16.5. The molecule has 232 valence electrons. The summed E-state index contributed by atoms with van der Waals surface area (Å²) in [6.45, 7) is 5.27. The number of hydrogen-bond acceptors (Lipinski definition) is 4. The summed E-state index contributed by atoms with van der Waals surface area (Å²) in [5.74, 6) is 0.132. The first-order chi connectivity index (χ1) is 20.6. The molecule has 0 aromatic heterocycles. The lowest BCUT2D eigenvalue weighted by Crippen LogP contribution is -2.37. The Bertz CT molecular complexity index is 1020. The van der Waals surface area contributed by atoms with Crippen LogP contribution in [-0.4, -0.2) is 61.0 Å². The third-order valence-electron chi connectivity index (χ3n) is 8.14. The van der Waals surface area contributed by atoms with E-state index in [1.54, 1.807) is 0 Å². The van der Waals surface area contributed by atoms with Gasteiger partial charge in [-0.3, -0.25) is 4.79 Å². The number of amides is 2. The van der Waals surface area contributed by atoms with Crippen molar-refractivity contribution in [2.45, 2.75) is 103 Å². The Morgan fingerprint density at radius 1 is 0.905 bits per heavy atom. The summed E-state index contributed by atoms with van der Waals surface area (Å²) in [6, 6.07) is 17.8. The number of nitrogens with zero attached hydrogens (tertiary/aromatic N) is 1.